The van der Waals surface area contributed by atoms with Gasteiger partial charge in [-0.05, 0) is 34.5 Å². The summed E-state index contributed by atoms with van der Waals surface area (Å²) in [6.45, 7) is 5.66. The van der Waals surface area contributed by atoms with Crippen LogP contribution in [-0.2, 0) is 13.1 Å². The van der Waals surface area contributed by atoms with Crippen LogP contribution in [-0.4, -0.2) is 29.7 Å². The van der Waals surface area contributed by atoms with Crippen molar-refractivity contribution in [1.29, 1.82) is 0 Å². The Balaban J connectivity index is 0.00000280. The van der Waals surface area contributed by atoms with Gasteiger partial charge in [-0.2, -0.15) is 5.56 Å². The average molecular weight is 404 g/mol. The predicted octanol–water partition coefficient (Wildman–Crippen LogP) is -0.419. The minimum atomic E-state index is -0.167. The van der Waals surface area contributed by atoms with E-state index in [9.17, 15) is 10.2 Å². The quantitative estimate of drug-likeness (QED) is 0.296. The van der Waals surface area contributed by atoms with E-state index < -0.39 is 0 Å². The second-order valence-corrected chi connectivity index (χ2v) is 6.98. The van der Waals surface area contributed by atoms with E-state index in [4.69, 9.17) is 16.2 Å². The maximum absolute atomic E-state index is 13.0. The molecule has 0 unspecified atom stereocenters. The Kier molecular flexibility index (Phi) is 8.24. The number of nitrogen functional groups attached to an aromatic ring is 1. The number of amides is 1. The normalized spacial score (nSPS) is 12.5. The van der Waals surface area contributed by atoms with E-state index in [2.05, 4.69) is 6.07 Å². The molecule has 1 heterocycles. The first-order valence-corrected chi connectivity index (χ1v) is 9.02. The smallest absolute Gasteiger partial charge is 0.859 e. The molecule has 2 aromatic carbocycles. The molecule has 1 amide bonds. The molecule has 4 N–H and O–H groups in total. The number of nitrogens with zero attached hydrogens (tertiary/aromatic N) is 2. The van der Waals surface area contributed by atoms with E-state index in [1.165, 1.54) is 0 Å². The summed E-state index contributed by atoms with van der Waals surface area (Å²) in [4.78, 5) is 14.8. The summed E-state index contributed by atoms with van der Waals surface area (Å²) in [5.74, 6) is 0.525. The zero-order chi connectivity index (χ0) is 19.6. The van der Waals surface area contributed by atoms with Gasteiger partial charge in [0.05, 0.1) is 0 Å². The molecule has 0 spiro atoms. The van der Waals surface area contributed by atoms with Crippen LogP contribution in [0.1, 0.15) is 40.9 Å². The average Bonchev–Trinajstić information content (AvgIpc) is 3.08. The van der Waals surface area contributed by atoms with Gasteiger partial charge in [0.25, 0.3) is 0 Å². The summed E-state index contributed by atoms with van der Waals surface area (Å²) in [6.07, 6.45) is 0. The fourth-order valence-electron chi connectivity index (χ4n) is 3.10. The van der Waals surface area contributed by atoms with Crippen molar-refractivity contribution in [1.82, 2.24) is 4.90 Å². The van der Waals surface area contributed by atoms with Crippen LogP contribution >= 0.6 is 0 Å². The molecule has 1 aliphatic rings. The molecule has 1 aliphatic heterocycles. The molecule has 0 radical (unpaired) electrons. The molecular formula is C21H24KN4O2-. The maximum atomic E-state index is 13.0. The fourth-order valence-corrected chi connectivity index (χ4v) is 3.10. The van der Waals surface area contributed by atoms with Crippen LogP contribution in [0.5, 0.6) is 5.75 Å². The van der Waals surface area contributed by atoms with Crippen LogP contribution in [0.2, 0.25) is 0 Å². The van der Waals surface area contributed by atoms with Gasteiger partial charge in [0.1, 0.15) is 12.4 Å². The van der Waals surface area contributed by atoms with E-state index in [0.717, 1.165) is 16.9 Å². The van der Waals surface area contributed by atoms with Crippen LogP contribution < -0.4 is 67.6 Å². The third-order valence-corrected chi connectivity index (χ3v) is 4.61. The number of carbonyl (C=O) groups is 1. The van der Waals surface area contributed by atoms with E-state index in [1.807, 2.05) is 32.0 Å². The van der Waals surface area contributed by atoms with Crippen LogP contribution in [0, 0.1) is 12.0 Å². The number of carbonyl (C=O) groups excluding carboxylic acids is 1. The number of benzene rings is 2. The molecule has 28 heavy (non-hydrogen) atoms. The van der Waals surface area contributed by atoms with Crippen molar-refractivity contribution in [3.8, 4) is 5.75 Å². The summed E-state index contributed by atoms with van der Waals surface area (Å²) >= 11 is 0. The van der Waals surface area contributed by atoms with Crippen LogP contribution in [0.15, 0.2) is 30.3 Å². The summed E-state index contributed by atoms with van der Waals surface area (Å²) < 4.78 is 5.56. The molecule has 3 rings (SSSR count). The SMILES string of the molecule is CC(C)C(=[N-])c1[c-]cc(N)c(C(=O)N2Cc3ccc(OCCN)cc3C2)c1.[K+]. The minimum absolute atomic E-state index is 0. The summed E-state index contributed by atoms with van der Waals surface area (Å²) in [5.41, 5.74) is 15.0. The summed E-state index contributed by atoms with van der Waals surface area (Å²) in [6, 6.07) is 11.9. The van der Waals surface area contributed by atoms with Gasteiger partial charge in [0.15, 0.2) is 0 Å². The van der Waals surface area contributed by atoms with E-state index >= 15 is 0 Å². The van der Waals surface area contributed by atoms with Crippen LogP contribution in [0.4, 0.5) is 5.69 Å². The molecule has 0 atom stereocenters. The minimum Gasteiger partial charge on any atom is -0.859 e. The molecule has 7 heteroatoms. The molecule has 2 aromatic rings. The van der Waals surface area contributed by atoms with Gasteiger partial charge in [-0.25, -0.2) is 0 Å². The molecule has 6 nitrogen and oxygen atoms in total. The number of ether oxygens (including phenoxy) is 1. The van der Waals surface area contributed by atoms with Gasteiger partial charge in [-0.1, -0.05) is 25.8 Å². The molecule has 142 valence electrons. The third-order valence-electron chi connectivity index (χ3n) is 4.61. The van der Waals surface area contributed by atoms with Crippen molar-refractivity contribution in [2.75, 3.05) is 18.9 Å². The van der Waals surface area contributed by atoms with Crippen molar-refractivity contribution in [3.63, 3.8) is 0 Å². The summed E-state index contributed by atoms with van der Waals surface area (Å²) in [7, 11) is 0. The Hall–Kier alpha value is -1.22. The van der Waals surface area contributed by atoms with Crippen molar-refractivity contribution < 1.29 is 60.9 Å². The number of anilines is 1. The first-order valence-electron chi connectivity index (χ1n) is 9.02. The molecule has 0 fully saturated rings. The van der Waals surface area contributed by atoms with E-state index in [-0.39, 0.29) is 68.9 Å². The Morgan fingerprint density at radius 1 is 1.29 bits per heavy atom. The molecule has 0 aliphatic carbocycles. The second kappa shape index (κ2) is 10.0. The van der Waals surface area contributed by atoms with Crippen molar-refractivity contribution in [2.45, 2.75) is 26.9 Å². The van der Waals surface area contributed by atoms with Gasteiger partial charge >= 0.3 is 51.4 Å². The Bertz CT molecular complexity index is 883. The number of fused-ring (bicyclic) bond motifs is 1. The Labute approximate surface area is 208 Å². The second-order valence-electron chi connectivity index (χ2n) is 6.98. The molecule has 0 saturated heterocycles. The van der Waals surface area contributed by atoms with Crippen molar-refractivity contribution >= 4 is 17.3 Å². The fraction of sp³-hybridized carbons (Fsp3) is 0.333. The first-order chi connectivity index (χ1) is 12.9. The Morgan fingerprint density at radius 3 is 2.68 bits per heavy atom. The zero-order valence-electron chi connectivity index (χ0n) is 16.7. The topological polar surface area (TPSA) is 104 Å². The standard InChI is InChI=1S/C21H24N4O2.K/c1-13(2)20(24)14-4-6-19(23)18(10-14)21(26)25-11-15-3-5-17(27-8-7-22)9-16(15)12-25;/h3,5-6,9-10,13H,7-8,11-12,22-23H2,1-2H3;/q-2;+1. The van der Waals surface area contributed by atoms with Crippen molar-refractivity contribution in [3.05, 3.63) is 64.1 Å². The predicted molar refractivity (Wildman–Crippen MR) is 107 cm³/mol. The van der Waals surface area contributed by atoms with Gasteiger partial charge in [-0.3, -0.25) is 10.5 Å². The van der Waals surface area contributed by atoms with E-state index in [1.54, 1.807) is 17.0 Å². The first kappa shape index (κ1) is 23.1. The largest absolute Gasteiger partial charge is 1.00 e. The van der Waals surface area contributed by atoms with Gasteiger partial charge < -0.3 is 26.5 Å². The van der Waals surface area contributed by atoms with E-state index in [0.29, 0.717) is 43.1 Å². The van der Waals surface area contributed by atoms with Gasteiger partial charge in [0.2, 0.25) is 5.91 Å². The molecular weight excluding hydrogens is 379 g/mol. The van der Waals surface area contributed by atoms with Crippen LogP contribution in [0.3, 0.4) is 0 Å². The molecule has 0 saturated carbocycles. The zero-order valence-corrected chi connectivity index (χ0v) is 19.8. The molecule has 0 bridgehead atoms. The van der Waals surface area contributed by atoms with Gasteiger partial charge in [0, 0.05) is 19.6 Å². The van der Waals surface area contributed by atoms with Crippen LogP contribution in [0.25, 0.3) is 5.41 Å². The number of hydrogen-bond acceptors (Lipinski definition) is 4. The molecule has 0 aromatic heterocycles. The monoisotopic (exact) mass is 403 g/mol. The Morgan fingerprint density at radius 2 is 2.00 bits per heavy atom. The van der Waals surface area contributed by atoms with Gasteiger partial charge in [-0.15, -0.1) is 18.2 Å². The maximum Gasteiger partial charge on any atom is 1.00 e. The number of nitrogens with two attached hydrogens (primary N) is 2. The van der Waals surface area contributed by atoms with Crippen molar-refractivity contribution in [2.24, 2.45) is 11.7 Å². The third kappa shape index (κ3) is 5.03. The number of hydrogen-bond donors (Lipinski definition) is 2. The summed E-state index contributed by atoms with van der Waals surface area (Å²) in [5, 5.41) is 10.2. The number of rotatable bonds is 6.